The number of carboxylic acid groups (broad SMARTS) is 2. The van der Waals surface area contributed by atoms with Gasteiger partial charge in [0.1, 0.15) is 18.1 Å². The molecule has 0 rings (SSSR count). The molecule has 0 fully saturated rings. The Bertz CT molecular complexity index is 692. The first kappa shape index (κ1) is 31.6. The molecule has 34 heavy (non-hydrogen) atoms. The van der Waals surface area contributed by atoms with Crippen LogP contribution in [0.25, 0.3) is 0 Å². The summed E-state index contributed by atoms with van der Waals surface area (Å²) in [6, 6.07) is -4.65. The number of carbonyl (C=O) groups excluding carboxylic acids is 3. The molecule has 0 aliphatic rings. The van der Waals surface area contributed by atoms with Crippen molar-refractivity contribution in [2.24, 2.45) is 17.4 Å². The van der Waals surface area contributed by atoms with Crippen LogP contribution in [0, 0.1) is 5.92 Å². The molecular weight excluding hydrogens is 466 g/mol. The predicted molar refractivity (Wildman–Crippen MR) is 129 cm³/mol. The van der Waals surface area contributed by atoms with Crippen molar-refractivity contribution >= 4 is 41.4 Å². The Morgan fingerprint density at radius 3 is 1.91 bits per heavy atom. The molecular formula is C21H39N5O7S. The van der Waals surface area contributed by atoms with Crippen molar-refractivity contribution < 1.29 is 34.2 Å². The van der Waals surface area contributed by atoms with Gasteiger partial charge in [0, 0.05) is 0 Å². The lowest BCUT2D eigenvalue weighted by Crippen LogP contribution is -2.57. The molecule has 3 amide bonds. The van der Waals surface area contributed by atoms with Crippen molar-refractivity contribution in [2.75, 3.05) is 18.6 Å². The van der Waals surface area contributed by atoms with Crippen LogP contribution in [0.5, 0.6) is 0 Å². The van der Waals surface area contributed by atoms with E-state index in [-0.39, 0.29) is 18.8 Å². The van der Waals surface area contributed by atoms with Crippen LogP contribution in [0.15, 0.2) is 0 Å². The molecule has 0 bridgehead atoms. The van der Waals surface area contributed by atoms with E-state index in [9.17, 15) is 34.2 Å². The van der Waals surface area contributed by atoms with Gasteiger partial charge in [-0.3, -0.25) is 19.2 Å². The molecule has 0 spiro atoms. The van der Waals surface area contributed by atoms with E-state index < -0.39 is 60.2 Å². The smallest absolute Gasteiger partial charge is 0.326 e. The normalized spacial score (nSPS) is 14.5. The van der Waals surface area contributed by atoms with Gasteiger partial charge in [-0.2, -0.15) is 11.8 Å². The summed E-state index contributed by atoms with van der Waals surface area (Å²) < 4.78 is 0. The van der Waals surface area contributed by atoms with Crippen LogP contribution < -0.4 is 27.4 Å². The number of aliphatic carboxylic acids is 2. The molecule has 0 aromatic carbocycles. The lowest BCUT2D eigenvalue weighted by atomic mass is 10.0. The average molecular weight is 506 g/mol. The first-order chi connectivity index (χ1) is 15.9. The topological polar surface area (TPSA) is 214 Å². The van der Waals surface area contributed by atoms with Gasteiger partial charge in [-0.1, -0.05) is 20.3 Å². The highest BCUT2D eigenvalue weighted by molar-refractivity contribution is 7.98. The third kappa shape index (κ3) is 13.4. The van der Waals surface area contributed by atoms with Crippen molar-refractivity contribution in [1.29, 1.82) is 0 Å². The van der Waals surface area contributed by atoms with Crippen molar-refractivity contribution in [3.8, 4) is 0 Å². The van der Waals surface area contributed by atoms with E-state index in [1.165, 1.54) is 11.8 Å². The zero-order valence-electron chi connectivity index (χ0n) is 20.0. The number of amides is 3. The minimum absolute atomic E-state index is 0.0472. The molecule has 0 saturated heterocycles. The van der Waals surface area contributed by atoms with Crippen LogP contribution in [-0.2, 0) is 24.0 Å². The first-order valence-corrected chi connectivity index (χ1v) is 12.6. The summed E-state index contributed by atoms with van der Waals surface area (Å²) in [7, 11) is 0. The number of carboxylic acids is 2. The molecule has 0 heterocycles. The van der Waals surface area contributed by atoms with Crippen molar-refractivity contribution in [2.45, 2.75) is 76.5 Å². The van der Waals surface area contributed by atoms with Gasteiger partial charge in [0.2, 0.25) is 17.7 Å². The molecule has 4 unspecified atom stereocenters. The molecule has 0 aliphatic carbocycles. The van der Waals surface area contributed by atoms with Crippen molar-refractivity contribution in [1.82, 2.24) is 16.0 Å². The number of hydrogen-bond donors (Lipinski definition) is 7. The van der Waals surface area contributed by atoms with Gasteiger partial charge < -0.3 is 37.6 Å². The van der Waals surface area contributed by atoms with Gasteiger partial charge in [-0.15, -0.1) is 0 Å². The fourth-order valence-corrected chi connectivity index (χ4v) is 3.51. The second-order valence-corrected chi connectivity index (χ2v) is 9.41. The number of nitrogens with one attached hydrogen (secondary N) is 3. The van der Waals surface area contributed by atoms with Gasteiger partial charge >= 0.3 is 11.9 Å². The maximum absolute atomic E-state index is 12.8. The minimum Gasteiger partial charge on any atom is -0.481 e. The largest absolute Gasteiger partial charge is 0.481 e. The lowest BCUT2D eigenvalue weighted by molar-refractivity contribution is -0.143. The quantitative estimate of drug-likeness (QED) is 0.116. The van der Waals surface area contributed by atoms with Crippen LogP contribution >= 0.6 is 11.8 Å². The van der Waals surface area contributed by atoms with E-state index in [1.54, 1.807) is 0 Å². The molecule has 0 radical (unpaired) electrons. The summed E-state index contributed by atoms with van der Waals surface area (Å²) in [6.07, 6.45) is 3.05. The second-order valence-electron chi connectivity index (χ2n) is 8.42. The third-order valence-electron chi connectivity index (χ3n) is 4.88. The fourth-order valence-electron chi connectivity index (χ4n) is 3.04. The first-order valence-electron chi connectivity index (χ1n) is 11.2. The highest BCUT2D eigenvalue weighted by Crippen LogP contribution is 2.09. The molecule has 12 nitrogen and oxygen atoms in total. The summed E-state index contributed by atoms with van der Waals surface area (Å²) in [5.41, 5.74) is 11.2. The van der Waals surface area contributed by atoms with Gasteiger partial charge in [0.05, 0.1) is 12.5 Å². The molecule has 0 saturated carbocycles. The lowest BCUT2D eigenvalue weighted by Gasteiger charge is -2.25. The molecule has 196 valence electrons. The Labute approximate surface area is 204 Å². The molecule has 0 aromatic heterocycles. The van der Waals surface area contributed by atoms with Crippen LogP contribution in [0.1, 0.15) is 52.4 Å². The summed E-state index contributed by atoms with van der Waals surface area (Å²) in [5, 5.41) is 25.8. The zero-order chi connectivity index (χ0) is 26.3. The monoisotopic (exact) mass is 505 g/mol. The van der Waals surface area contributed by atoms with Crippen LogP contribution in [0.2, 0.25) is 0 Å². The SMILES string of the molecule is CSCCC(NC(=O)C(CC(C)C)NC(=O)C(CC(=O)O)NC(=O)C(N)CCCCN)C(=O)O. The number of nitrogens with two attached hydrogens (primary N) is 2. The Kier molecular flexibility index (Phi) is 15.9. The number of hydrogen-bond acceptors (Lipinski definition) is 8. The summed E-state index contributed by atoms with van der Waals surface area (Å²) >= 11 is 1.43. The van der Waals surface area contributed by atoms with E-state index in [2.05, 4.69) is 16.0 Å². The van der Waals surface area contributed by atoms with E-state index in [1.807, 2.05) is 20.1 Å². The number of rotatable bonds is 18. The summed E-state index contributed by atoms with van der Waals surface area (Å²) in [6.45, 7) is 4.06. The Morgan fingerprint density at radius 1 is 0.853 bits per heavy atom. The summed E-state index contributed by atoms with van der Waals surface area (Å²) in [5.74, 6) is -4.32. The summed E-state index contributed by atoms with van der Waals surface area (Å²) in [4.78, 5) is 60.7. The molecule has 9 N–H and O–H groups in total. The molecule has 0 aliphatic heterocycles. The standard InChI is InChI=1S/C21H39N5O7S/c1-12(2)10-15(19(30)24-14(21(32)33)7-9-34-3)26-20(31)16(11-17(27)28)25-18(29)13(23)6-4-5-8-22/h12-16H,4-11,22-23H2,1-3H3,(H,24,30)(H,25,29)(H,26,31)(H,27,28)(H,32,33). The van der Waals surface area contributed by atoms with Crippen LogP contribution in [0.4, 0.5) is 0 Å². The number of carbonyl (C=O) groups is 5. The predicted octanol–water partition coefficient (Wildman–Crippen LogP) is -0.744. The van der Waals surface area contributed by atoms with E-state index >= 15 is 0 Å². The molecule has 0 aromatic rings. The minimum atomic E-state index is -1.46. The fraction of sp³-hybridized carbons (Fsp3) is 0.762. The van der Waals surface area contributed by atoms with Gasteiger partial charge in [0.25, 0.3) is 0 Å². The maximum Gasteiger partial charge on any atom is 0.326 e. The zero-order valence-corrected chi connectivity index (χ0v) is 20.9. The molecule has 4 atom stereocenters. The Hall–Kier alpha value is -2.38. The van der Waals surface area contributed by atoms with Crippen molar-refractivity contribution in [3.63, 3.8) is 0 Å². The Balaban J connectivity index is 5.41. The van der Waals surface area contributed by atoms with E-state index in [4.69, 9.17) is 11.5 Å². The molecule has 13 heteroatoms. The highest BCUT2D eigenvalue weighted by atomic mass is 32.2. The van der Waals surface area contributed by atoms with Crippen molar-refractivity contribution in [3.05, 3.63) is 0 Å². The van der Waals surface area contributed by atoms with E-state index in [0.29, 0.717) is 31.6 Å². The van der Waals surface area contributed by atoms with Gasteiger partial charge in [0.15, 0.2) is 0 Å². The van der Waals surface area contributed by atoms with Gasteiger partial charge in [-0.25, -0.2) is 4.79 Å². The van der Waals surface area contributed by atoms with Crippen LogP contribution in [-0.4, -0.2) is 82.6 Å². The maximum atomic E-state index is 12.8. The van der Waals surface area contributed by atoms with Crippen LogP contribution in [0.3, 0.4) is 0 Å². The second kappa shape index (κ2) is 17.1. The number of thioether (sulfide) groups is 1. The Morgan fingerprint density at radius 2 is 1.41 bits per heavy atom. The van der Waals surface area contributed by atoms with E-state index in [0.717, 1.165) is 0 Å². The average Bonchev–Trinajstić information content (AvgIpc) is 2.74. The third-order valence-corrected chi connectivity index (χ3v) is 5.53. The number of unbranched alkanes of at least 4 members (excludes halogenated alkanes) is 1. The highest BCUT2D eigenvalue weighted by Gasteiger charge is 2.31. The van der Waals surface area contributed by atoms with Gasteiger partial charge in [-0.05, 0) is 50.2 Å².